The maximum Gasteiger partial charge on any atom is 0.232 e. The zero-order valence-electron chi connectivity index (χ0n) is 17.1. The van der Waals surface area contributed by atoms with Gasteiger partial charge in [0.25, 0.3) is 0 Å². The second-order valence-electron chi connectivity index (χ2n) is 7.23. The van der Waals surface area contributed by atoms with E-state index in [4.69, 9.17) is 4.63 Å². The molecule has 11 nitrogen and oxygen atoms in total. The van der Waals surface area contributed by atoms with Gasteiger partial charge < -0.3 is 5.32 Å². The number of guanidine groups is 1. The monoisotopic (exact) mass is 549 g/mol. The molecule has 0 atom stereocenters. The number of nitrogens with one attached hydrogen (secondary N) is 3. The highest BCUT2D eigenvalue weighted by Crippen LogP contribution is 2.34. The lowest BCUT2D eigenvalue weighted by molar-refractivity contribution is 0.234. The van der Waals surface area contributed by atoms with E-state index in [0.29, 0.717) is 16.5 Å². The fourth-order valence-corrected chi connectivity index (χ4v) is 3.97. The number of sulfonamides is 1. The third-order valence-corrected chi connectivity index (χ3v) is 6.33. The van der Waals surface area contributed by atoms with Gasteiger partial charge in [0.15, 0.2) is 16.6 Å². The predicted octanol–water partition coefficient (Wildman–Crippen LogP) is 2.17. The number of hydroxylamine groups is 1. The van der Waals surface area contributed by atoms with Gasteiger partial charge in [-0.1, -0.05) is 11.8 Å². The Hall–Kier alpha value is -2.23. The Morgan fingerprint density at radius 3 is 2.78 bits per heavy atom. The van der Waals surface area contributed by atoms with Crippen LogP contribution in [-0.4, -0.2) is 59.8 Å². The summed E-state index contributed by atoms with van der Waals surface area (Å²) in [6.45, 7) is 2.25. The van der Waals surface area contributed by atoms with Gasteiger partial charge in [-0.15, -0.1) is 0 Å². The Labute approximate surface area is 196 Å². The standard InChI is InChI=1S/C17H21BrFN7O4S2/c1-17(5-6-17)22-16(26-32(2,28)29)20-7-8-31-15-13(24-30-25-15)14(23-27)21-10-3-4-12(19)11(18)9-10/h3-4,9,27H,5-8H2,1-2H3,(H,21,23)(H2,20,22,26). The van der Waals surface area contributed by atoms with Crippen molar-refractivity contribution in [2.24, 2.45) is 9.98 Å². The molecule has 2 aromatic rings. The largest absolute Gasteiger partial charge is 0.350 e. The Balaban J connectivity index is 1.67. The third kappa shape index (κ3) is 7.15. The SMILES string of the molecule is CC1(NC(=NCCSc2nonc2C(=Nc2ccc(F)c(Br)c2)NO)NS(C)(=O)=O)CC1. The molecule has 0 amide bonds. The van der Waals surface area contributed by atoms with E-state index in [1.165, 1.54) is 30.0 Å². The van der Waals surface area contributed by atoms with Gasteiger partial charge in [-0.2, -0.15) is 0 Å². The summed E-state index contributed by atoms with van der Waals surface area (Å²) in [7, 11) is -3.47. The number of hydrogen-bond donors (Lipinski definition) is 4. The average molecular weight is 550 g/mol. The highest BCUT2D eigenvalue weighted by molar-refractivity contribution is 9.10. The van der Waals surface area contributed by atoms with Crippen molar-refractivity contribution < 1.29 is 22.6 Å². The topological polar surface area (TPSA) is 154 Å². The maximum atomic E-state index is 13.4. The number of nitrogens with zero attached hydrogens (tertiary/aromatic N) is 4. The van der Waals surface area contributed by atoms with Crippen molar-refractivity contribution in [1.82, 2.24) is 25.8 Å². The molecule has 0 spiro atoms. The summed E-state index contributed by atoms with van der Waals surface area (Å²) in [4.78, 5) is 8.49. The number of thioether (sulfide) groups is 1. The molecular formula is C17H21BrFN7O4S2. The molecule has 32 heavy (non-hydrogen) atoms. The van der Waals surface area contributed by atoms with Crippen molar-refractivity contribution in [2.45, 2.75) is 30.3 Å². The van der Waals surface area contributed by atoms with Gasteiger partial charge in [0, 0.05) is 11.3 Å². The van der Waals surface area contributed by atoms with Crippen LogP contribution in [0, 0.1) is 5.82 Å². The van der Waals surface area contributed by atoms with Crippen LogP contribution in [0.4, 0.5) is 10.1 Å². The fraction of sp³-hybridized carbons (Fsp3) is 0.412. The highest BCUT2D eigenvalue weighted by Gasteiger charge is 2.38. The van der Waals surface area contributed by atoms with E-state index in [9.17, 15) is 18.0 Å². The minimum atomic E-state index is -3.47. The van der Waals surface area contributed by atoms with Crippen LogP contribution in [0.3, 0.4) is 0 Å². The first-order valence-corrected chi connectivity index (χ1v) is 13.0. The van der Waals surface area contributed by atoms with E-state index in [1.54, 1.807) is 0 Å². The molecule has 3 rings (SSSR count). The molecule has 1 aliphatic rings. The summed E-state index contributed by atoms with van der Waals surface area (Å²) in [5.41, 5.74) is 2.30. The lowest BCUT2D eigenvalue weighted by atomic mass is 10.3. The Morgan fingerprint density at radius 1 is 1.41 bits per heavy atom. The maximum absolute atomic E-state index is 13.4. The normalized spacial score (nSPS) is 16.0. The summed E-state index contributed by atoms with van der Waals surface area (Å²) in [6, 6.07) is 4.09. The lowest BCUT2D eigenvalue weighted by Crippen LogP contribution is -2.45. The molecule has 174 valence electrons. The van der Waals surface area contributed by atoms with Gasteiger partial charge in [0.1, 0.15) is 5.82 Å². The van der Waals surface area contributed by atoms with Crippen LogP contribution in [-0.2, 0) is 10.0 Å². The average Bonchev–Trinajstić information content (AvgIpc) is 3.24. The van der Waals surface area contributed by atoms with Crippen molar-refractivity contribution >= 4 is 55.2 Å². The molecule has 1 aliphatic carbocycles. The minimum absolute atomic E-state index is 0.0430. The van der Waals surface area contributed by atoms with Crippen LogP contribution in [0.2, 0.25) is 0 Å². The highest BCUT2D eigenvalue weighted by atomic mass is 79.9. The second-order valence-corrected chi connectivity index (χ2v) is 10.9. The number of halogens is 2. The van der Waals surface area contributed by atoms with Crippen molar-refractivity contribution in [3.8, 4) is 0 Å². The molecule has 1 heterocycles. The molecule has 0 aliphatic heterocycles. The van der Waals surface area contributed by atoms with Gasteiger partial charge in [-0.05, 0) is 64.2 Å². The van der Waals surface area contributed by atoms with E-state index < -0.39 is 15.8 Å². The zero-order chi connectivity index (χ0) is 23.4. The Morgan fingerprint density at radius 2 is 2.16 bits per heavy atom. The van der Waals surface area contributed by atoms with Crippen LogP contribution in [0.15, 0.2) is 42.3 Å². The van der Waals surface area contributed by atoms with Gasteiger partial charge >= 0.3 is 0 Å². The Bertz CT molecular complexity index is 1140. The first kappa shape index (κ1) is 24.4. The molecule has 0 radical (unpaired) electrons. The summed E-state index contributed by atoms with van der Waals surface area (Å²) in [5.74, 6) is 0.110. The van der Waals surface area contributed by atoms with Gasteiger partial charge in [0.2, 0.25) is 16.0 Å². The van der Waals surface area contributed by atoms with Crippen molar-refractivity contribution in [2.75, 3.05) is 18.6 Å². The van der Waals surface area contributed by atoms with E-state index in [0.717, 1.165) is 19.1 Å². The van der Waals surface area contributed by atoms with E-state index in [1.807, 2.05) is 12.4 Å². The van der Waals surface area contributed by atoms with E-state index in [-0.39, 0.29) is 34.0 Å². The second kappa shape index (κ2) is 10.1. The van der Waals surface area contributed by atoms with Gasteiger partial charge in [0.05, 0.1) is 23.0 Å². The Kier molecular flexibility index (Phi) is 7.74. The molecule has 1 aromatic carbocycles. The van der Waals surface area contributed by atoms with E-state index >= 15 is 0 Å². The lowest BCUT2D eigenvalue weighted by Gasteiger charge is -2.16. The third-order valence-electron chi connectivity index (χ3n) is 4.23. The number of aromatic nitrogens is 2. The molecule has 15 heteroatoms. The summed E-state index contributed by atoms with van der Waals surface area (Å²) < 4.78 is 43.9. The number of aliphatic imine (C=N–C) groups is 2. The van der Waals surface area contributed by atoms with Gasteiger partial charge in [-0.25, -0.2) is 22.4 Å². The molecule has 0 saturated heterocycles. The van der Waals surface area contributed by atoms with Crippen LogP contribution in [0.5, 0.6) is 0 Å². The predicted molar refractivity (Wildman–Crippen MR) is 121 cm³/mol. The van der Waals surface area contributed by atoms with Crippen molar-refractivity contribution in [3.05, 3.63) is 34.2 Å². The fourth-order valence-electron chi connectivity index (χ4n) is 2.41. The number of benzene rings is 1. The summed E-state index contributed by atoms with van der Waals surface area (Å²) in [6.07, 6.45) is 2.92. The smallest absolute Gasteiger partial charge is 0.232 e. The first-order valence-electron chi connectivity index (χ1n) is 9.28. The van der Waals surface area contributed by atoms with Gasteiger partial charge in [-0.3, -0.25) is 20.4 Å². The number of hydrogen-bond acceptors (Lipinski definition) is 9. The number of rotatable bonds is 8. The summed E-state index contributed by atoms with van der Waals surface area (Å²) >= 11 is 4.30. The molecule has 0 unspecified atom stereocenters. The molecular weight excluding hydrogens is 529 g/mol. The van der Waals surface area contributed by atoms with E-state index in [2.05, 4.69) is 46.3 Å². The first-order chi connectivity index (χ1) is 15.1. The van der Waals surface area contributed by atoms with Crippen molar-refractivity contribution in [1.29, 1.82) is 0 Å². The molecule has 0 bridgehead atoms. The summed E-state index contributed by atoms with van der Waals surface area (Å²) in [5, 5.41) is 20.5. The van der Waals surface area contributed by atoms with Crippen LogP contribution in [0.1, 0.15) is 25.5 Å². The van der Waals surface area contributed by atoms with Crippen LogP contribution >= 0.6 is 27.7 Å². The number of amidine groups is 1. The quantitative estimate of drug-likeness (QED) is 0.127. The molecule has 1 aromatic heterocycles. The molecule has 4 N–H and O–H groups in total. The van der Waals surface area contributed by atoms with Crippen molar-refractivity contribution in [3.63, 3.8) is 0 Å². The minimum Gasteiger partial charge on any atom is -0.350 e. The van der Waals surface area contributed by atoms with Crippen LogP contribution in [0.25, 0.3) is 0 Å². The van der Waals surface area contributed by atoms with Crippen LogP contribution < -0.4 is 15.5 Å². The molecule has 1 fully saturated rings. The molecule has 1 saturated carbocycles. The zero-order valence-corrected chi connectivity index (χ0v) is 20.3.